The Hall–Kier alpha value is -0.910. The molecule has 4 nitrogen and oxygen atoms in total. The van der Waals surface area contributed by atoms with Gasteiger partial charge in [0.1, 0.15) is 16.7 Å². The van der Waals surface area contributed by atoms with E-state index in [0.717, 1.165) is 42.6 Å². The average molecular weight is 311 g/mol. The van der Waals surface area contributed by atoms with Crippen LogP contribution in [0.4, 0.5) is 0 Å². The van der Waals surface area contributed by atoms with Gasteiger partial charge in [-0.15, -0.1) is 0 Å². The second-order valence-corrected chi connectivity index (χ2v) is 6.66. The number of rotatable bonds is 11. The molecule has 0 spiro atoms. The van der Waals surface area contributed by atoms with E-state index in [1.807, 2.05) is 24.3 Å². The van der Waals surface area contributed by atoms with Crippen LogP contribution in [-0.4, -0.2) is 30.6 Å². The molecule has 2 rings (SSSR count). The summed E-state index contributed by atoms with van der Waals surface area (Å²) >= 11 is 0. The van der Waals surface area contributed by atoms with Gasteiger partial charge in [-0.1, -0.05) is 13.0 Å². The van der Waals surface area contributed by atoms with Crippen LogP contribution in [0.1, 0.15) is 32.6 Å². The van der Waals surface area contributed by atoms with Gasteiger partial charge in [0, 0.05) is 19.8 Å². The lowest BCUT2D eigenvalue weighted by atomic mass is 10.3. The normalized spacial score (nSPS) is 15.9. The molecule has 1 aliphatic carbocycles. The summed E-state index contributed by atoms with van der Waals surface area (Å²) in [5, 5.41) is 0. The highest BCUT2D eigenvalue weighted by Gasteiger charge is 2.21. The van der Waals surface area contributed by atoms with Gasteiger partial charge >= 0.3 is 0 Å². The summed E-state index contributed by atoms with van der Waals surface area (Å²) in [5.74, 6) is 1.53. The summed E-state index contributed by atoms with van der Waals surface area (Å²) in [4.78, 5) is 0.762. The molecular formula is C16H25NO3S. The van der Waals surface area contributed by atoms with Gasteiger partial charge < -0.3 is 9.47 Å². The van der Waals surface area contributed by atoms with Gasteiger partial charge in [0.15, 0.2) is 0 Å². The minimum absolute atomic E-state index is 0.684. The first-order valence-corrected chi connectivity index (χ1v) is 8.90. The molecule has 0 aromatic heterocycles. The zero-order valence-corrected chi connectivity index (χ0v) is 13.5. The summed E-state index contributed by atoms with van der Waals surface area (Å²) in [6.45, 7) is 5.05. The molecule has 0 saturated heterocycles. The number of hydrogen-bond acceptors (Lipinski definition) is 3. The third kappa shape index (κ3) is 6.59. The van der Waals surface area contributed by atoms with Crippen molar-refractivity contribution in [3.63, 3.8) is 0 Å². The summed E-state index contributed by atoms with van der Waals surface area (Å²) in [5.41, 5.74) is 0. The lowest BCUT2D eigenvalue weighted by molar-refractivity contribution is 0.133. The number of ether oxygens (including phenoxy) is 2. The summed E-state index contributed by atoms with van der Waals surface area (Å²) in [6, 6.07) is 7.53. The SMILES string of the molecule is CCCOCCCNS(=O)c1cccc(OCC2CC2)c1. The smallest absolute Gasteiger partial charge is 0.125 e. The van der Waals surface area contributed by atoms with Gasteiger partial charge in [-0.3, -0.25) is 0 Å². The van der Waals surface area contributed by atoms with E-state index in [1.54, 1.807) is 0 Å². The van der Waals surface area contributed by atoms with E-state index in [-0.39, 0.29) is 0 Å². The predicted octanol–water partition coefficient (Wildman–Crippen LogP) is 2.90. The maximum Gasteiger partial charge on any atom is 0.125 e. The second kappa shape index (κ2) is 9.18. The highest BCUT2D eigenvalue weighted by Crippen LogP contribution is 2.29. The van der Waals surface area contributed by atoms with Crippen LogP contribution in [0.3, 0.4) is 0 Å². The van der Waals surface area contributed by atoms with Crippen molar-refractivity contribution < 1.29 is 13.7 Å². The monoisotopic (exact) mass is 311 g/mol. The third-order valence-electron chi connectivity index (χ3n) is 3.25. The topological polar surface area (TPSA) is 47.6 Å². The Labute approximate surface area is 129 Å². The Morgan fingerprint density at radius 3 is 2.95 bits per heavy atom. The van der Waals surface area contributed by atoms with E-state index in [4.69, 9.17) is 9.47 Å². The highest BCUT2D eigenvalue weighted by atomic mass is 32.2. The zero-order valence-electron chi connectivity index (χ0n) is 12.7. The lowest BCUT2D eigenvalue weighted by Gasteiger charge is -2.08. The Bertz CT molecular complexity index is 449. The molecule has 1 aromatic carbocycles. The maximum absolute atomic E-state index is 12.1. The van der Waals surface area contributed by atoms with Gasteiger partial charge in [0.05, 0.1) is 11.5 Å². The van der Waals surface area contributed by atoms with Gasteiger partial charge in [0.2, 0.25) is 0 Å². The molecule has 1 N–H and O–H groups in total. The maximum atomic E-state index is 12.1. The summed E-state index contributed by atoms with van der Waals surface area (Å²) in [6.07, 6.45) is 4.44. The van der Waals surface area contributed by atoms with Crippen LogP contribution in [0, 0.1) is 5.92 Å². The van der Waals surface area contributed by atoms with Crippen LogP contribution in [-0.2, 0) is 15.7 Å². The Morgan fingerprint density at radius 2 is 2.19 bits per heavy atom. The van der Waals surface area contributed by atoms with E-state index in [1.165, 1.54) is 12.8 Å². The molecule has 0 aliphatic heterocycles. The van der Waals surface area contributed by atoms with E-state index >= 15 is 0 Å². The average Bonchev–Trinajstić information content (AvgIpc) is 3.33. The van der Waals surface area contributed by atoms with Crippen molar-refractivity contribution in [1.29, 1.82) is 0 Å². The minimum atomic E-state index is -1.19. The molecule has 1 unspecified atom stereocenters. The molecule has 21 heavy (non-hydrogen) atoms. The van der Waals surface area contributed by atoms with Gasteiger partial charge in [-0.2, -0.15) is 0 Å². The zero-order chi connectivity index (χ0) is 14.9. The van der Waals surface area contributed by atoms with E-state index < -0.39 is 11.0 Å². The molecule has 1 aliphatic rings. The van der Waals surface area contributed by atoms with Crippen molar-refractivity contribution in [3.05, 3.63) is 24.3 Å². The first kappa shape index (κ1) is 16.5. The number of hydrogen-bond donors (Lipinski definition) is 1. The second-order valence-electron chi connectivity index (χ2n) is 5.36. The quantitative estimate of drug-likeness (QED) is 0.639. The molecule has 1 aromatic rings. The van der Waals surface area contributed by atoms with Crippen molar-refractivity contribution in [1.82, 2.24) is 4.72 Å². The van der Waals surface area contributed by atoms with Crippen molar-refractivity contribution in [2.24, 2.45) is 5.92 Å². The Kier molecular flexibility index (Phi) is 7.19. The van der Waals surface area contributed by atoms with Crippen LogP contribution < -0.4 is 9.46 Å². The summed E-state index contributed by atoms with van der Waals surface area (Å²) in [7, 11) is -1.19. The van der Waals surface area contributed by atoms with Crippen LogP contribution in [0.15, 0.2) is 29.2 Å². The highest BCUT2D eigenvalue weighted by molar-refractivity contribution is 7.83. The molecule has 1 atom stereocenters. The fraction of sp³-hybridized carbons (Fsp3) is 0.625. The van der Waals surface area contributed by atoms with Crippen LogP contribution >= 0.6 is 0 Å². The van der Waals surface area contributed by atoms with Crippen molar-refractivity contribution in [2.75, 3.05) is 26.4 Å². The molecule has 0 radical (unpaired) electrons. The predicted molar refractivity (Wildman–Crippen MR) is 84.8 cm³/mol. The molecule has 0 bridgehead atoms. The molecule has 1 fully saturated rings. The Morgan fingerprint density at radius 1 is 1.33 bits per heavy atom. The van der Waals surface area contributed by atoms with Crippen molar-refractivity contribution in [3.8, 4) is 5.75 Å². The fourth-order valence-electron chi connectivity index (χ4n) is 1.85. The standard InChI is InChI=1S/C16H25NO3S/c1-2-10-19-11-4-9-17-21(18)16-6-3-5-15(12-16)20-13-14-7-8-14/h3,5-6,12,14,17H,2,4,7-11,13H2,1H3. The van der Waals surface area contributed by atoms with Gasteiger partial charge in [0.25, 0.3) is 0 Å². The third-order valence-corrected chi connectivity index (χ3v) is 4.40. The van der Waals surface area contributed by atoms with Gasteiger partial charge in [-0.25, -0.2) is 8.93 Å². The summed E-state index contributed by atoms with van der Waals surface area (Å²) < 4.78 is 26.3. The van der Waals surface area contributed by atoms with Crippen molar-refractivity contribution >= 4 is 11.0 Å². The van der Waals surface area contributed by atoms with Gasteiger partial charge in [-0.05, 0) is 49.8 Å². The Balaban J connectivity index is 1.69. The van der Waals surface area contributed by atoms with E-state index in [0.29, 0.717) is 13.2 Å². The minimum Gasteiger partial charge on any atom is -0.493 e. The lowest BCUT2D eigenvalue weighted by Crippen LogP contribution is -2.20. The first-order chi connectivity index (χ1) is 10.3. The molecule has 118 valence electrons. The van der Waals surface area contributed by atoms with Crippen molar-refractivity contribution in [2.45, 2.75) is 37.5 Å². The number of benzene rings is 1. The number of nitrogens with one attached hydrogen (secondary N) is 1. The molecule has 1 saturated carbocycles. The van der Waals surface area contributed by atoms with Crippen LogP contribution in [0.25, 0.3) is 0 Å². The molecule has 0 heterocycles. The van der Waals surface area contributed by atoms with Crippen LogP contribution in [0.2, 0.25) is 0 Å². The first-order valence-electron chi connectivity index (χ1n) is 7.75. The molecule has 0 amide bonds. The van der Waals surface area contributed by atoms with Crippen LogP contribution in [0.5, 0.6) is 5.75 Å². The molecule has 5 heteroatoms. The van der Waals surface area contributed by atoms with E-state index in [9.17, 15) is 4.21 Å². The largest absolute Gasteiger partial charge is 0.493 e. The fourth-order valence-corrected chi connectivity index (χ4v) is 2.77. The van der Waals surface area contributed by atoms with E-state index in [2.05, 4.69) is 11.6 Å². The molecular weight excluding hydrogens is 286 g/mol.